The van der Waals surface area contributed by atoms with Gasteiger partial charge in [0.15, 0.2) is 5.69 Å². The van der Waals surface area contributed by atoms with Crippen LogP contribution in [0.3, 0.4) is 0 Å². The minimum Gasteiger partial charge on any atom is -0.346 e. The van der Waals surface area contributed by atoms with E-state index in [1.807, 2.05) is 51.1 Å². The highest BCUT2D eigenvalue weighted by molar-refractivity contribution is 5.95. The fourth-order valence-corrected chi connectivity index (χ4v) is 2.21. The third-order valence-electron chi connectivity index (χ3n) is 3.35. The maximum atomic E-state index is 12.1. The van der Waals surface area contributed by atoms with Crippen molar-refractivity contribution in [3.63, 3.8) is 0 Å². The summed E-state index contributed by atoms with van der Waals surface area (Å²) in [6.45, 7) is 5.71. The Morgan fingerprint density at radius 3 is 2.46 bits per heavy atom. The molecule has 0 spiro atoms. The monoisotopic (exact) mass is 328 g/mol. The van der Waals surface area contributed by atoms with E-state index in [2.05, 4.69) is 15.7 Å². The van der Waals surface area contributed by atoms with E-state index in [4.69, 9.17) is 0 Å². The molecule has 0 fully saturated rings. The molecule has 1 heterocycles. The van der Waals surface area contributed by atoms with Gasteiger partial charge in [-0.1, -0.05) is 30.3 Å². The van der Waals surface area contributed by atoms with Crippen LogP contribution < -0.4 is 10.6 Å². The Morgan fingerprint density at radius 2 is 1.83 bits per heavy atom. The van der Waals surface area contributed by atoms with Gasteiger partial charge in [0.05, 0.1) is 0 Å². The molecule has 0 saturated carbocycles. The summed E-state index contributed by atoms with van der Waals surface area (Å²) in [5.74, 6) is 0.139. The minimum atomic E-state index is -0.340. The summed E-state index contributed by atoms with van der Waals surface area (Å²) < 4.78 is 1.50. The van der Waals surface area contributed by atoms with Crippen molar-refractivity contribution in [2.45, 2.75) is 39.2 Å². The molecule has 128 valence electrons. The molecule has 0 atom stereocenters. The standard InChI is InChI=1S/C18H24N4O2/c1-18(2,3)20-17(24)14-12-15(22(4)21-14)19-16(23)11-10-13-8-6-5-7-9-13/h5-9,12H,10-11H2,1-4H3,(H,19,23)(H,20,24). The van der Waals surface area contributed by atoms with E-state index >= 15 is 0 Å². The number of nitrogens with one attached hydrogen (secondary N) is 2. The maximum Gasteiger partial charge on any atom is 0.272 e. The van der Waals surface area contributed by atoms with Gasteiger partial charge in [-0.2, -0.15) is 5.10 Å². The normalized spacial score (nSPS) is 11.2. The lowest BCUT2D eigenvalue weighted by Crippen LogP contribution is -2.40. The molecular formula is C18H24N4O2. The van der Waals surface area contributed by atoms with Crippen LogP contribution >= 0.6 is 0 Å². The summed E-state index contributed by atoms with van der Waals surface area (Å²) in [6, 6.07) is 11.4. The smallest absolute Gasteiger partial charge is 0.272 e. The Balaban J connectivity index is 1.95. The molecule has 1 aromatic heterocycles. The van der Waals surface area contributed by atoms with Crippen LogP contribution in [-0.2, 0) is 18.3 Å². The van der Waals surface area contributed by atoms with Crippen molar-refractivity contribution in [3.05, 3.63) is 47.7 Å². The zero-order valence-electron chi connectivity index (χ0n) is 14.6. The molecular weight excluding hydrogens is 304 g/mol. The Hall–Kier alpha value is -2.63. The lowest BCUT2D eigenvalue weighted by Gasteiger charge is -2.19. The van der Waals surface area contributed by atoms with Crippen molar-refractivity contribution < 1.29 is 9.59 Å². The number of carbonyl (C=O) groups is 2. The molecule has 0 saturated heterocycles. The van der Waals surface area contributed by atoms with Crippen LogP contribution in [0.1, 0.15) is 43.2 Å². The van der Waals surface area contributed by atoms with Crippen molar-refractivity contribution in [3.8, 4) is 0 Å². The average molecular weight is 328 g/mol. The summed E-state index contributed by atoms with van der Waals surface area (Å²) in [5.41, 5.74) is 1.06. The molecule has 6 heteroatoms. The number of rotatable bonds is 5. The Kier molecular flexibility index (Phi) is 5.39. The van der Waals surface area contributed by atoms with E-state index in [0.29, 0.717) is 18.7 Å². The first-order valence-corrected chi connectivity index (χ1v) is 7.95. The molecule has 1 aromatic carbocycles. The molecule has 0 bridgehead atoms. The lowest BCUT2D eigenvalue weighted by molar-refractivity contribution is -0.116. The number of amides is 2. The number of anilines is 1. The van der Waals surface area contributed by atoms with Crippen LogP contribution in [0, 0.1) is 0 Å². The molecule has 2 aromatic rings. The molecule has 0 unspecified atom stereocenters. The van der Waals surface area contributed by atoms with E-state index in [1.54, 1.807) is 13.1 Å². The molecule has 6 nitrogen and oxygen atoms in total. The number of carbonyl (C=O) groups excluding carboxylic acids is 2. The van der Waals surface area contributed by atoms with Crippen LogP contribution in [0.25, 0.3) is 0 Å². The van der Waals surface area contributed by atoms with Gasteiger partial charge < -0.3 is 10.6 Å². The zero-order valence-corrected chi connectivity index (χ0v) is 14.6. The van der Waals surface area contributed by atoms with Crippen LogP contribution in [0.4, 0.5) is 5.82 Å². The van der Waals surface area contributed by atoms with Gasteiger partial charge in [0.2, 0.25) is 5.91 Å². The molecule has 2 N–H and O–H groups in total. The Labute approximate surface area is 142 Å². The molecule has 2 amide bonds. The molecule has 0 radical (unpaired) electrons. The van der Waals surface area contributed by atoms with Gasteiger partial charge in [-0.15, -0.1) is 0 Å². The van der Waals surface area contributed by atoms with Crippen molar-refractivity contribution in [1.29, 1.82) is 0 Å². The van der Waals surface area contributed by atoms with Gasteiger partial charge in [-0.05, 0) is 32.8 Å². The fourth-order valence-electron chi connectivity index (χ4n) is 2.21. The van der Waals surface area contributed by atoms with Crippen LogP contribution in [0.15, 0.2) is 36.4 Å². The summed E-state index contributed by atoms with van der Waals surface area (Å²) in [6.07, 6.45) is 1.04. The van der Waals surface area contributed by atoms with E-state index in [0.717, 1.165) is 5.56 Å². The number of nitrogens with zero attached hydrogens (tertiary/aromatic N) is 2. The van der Waals surface area contributed by atoms with Crippen molar-refractivity contribution in [2.24, 2.45) is 7.05 Å². The summed E-state index contributed by atoms with van der Waals surface area (Å²) in [5, 5.41) is 9.80. The molecule has 2 rings (SSSR count). The Morgan fingerprint density at radius 1 is 1.17 bits per heavy atom. The topological polar surface area (TPSA) is 76.0 Å². The number of hydrogen-bond acceptors (Lipinski definition) is 3. The third kappa shape index (κ3) is 5.22. The first kappa shape index (κ1) is 17.7. The van der Waals surface area contributed by atoms with Crippen molar-refractivity contribution in [1.82, 2.24) is 15.1 Å². The number of aryl methyl sites for hydroxylation is 2. The van der Waals surface area contributed by atoms with Crippen LogP contribution in [0.2, 0.25) is 0 Å². The second-order valence-electron chi connectivity index (χ2n) is 6.78. The summed E-state index contributed by atoms with van der Waals surface area (Å²) in [7, 11) is 1.70. The second kappa shape index (κ2) is 7.29. The molecule has 0 aliphatic heterocycles. The van der Waals surface area contributed by atoms with E-state index in [1.165, 1.54) is 4.68 Å². The quantitative estimate of drug-likeness (QED) is 0.885. The van der Waals surface area contributed by atoms with Gasteiger partial charge in [-0.25, -0.2) is 0 Å². The van der Waals surface area contributed by atoms with Crippen molar-refractivity contribution >= 4 is 17.6 Å². The zero-order chi connectivity index (χ0) is 17.7. The first-order chi connectivity index (χ1) is 11.2. The van der Waals surface area contributed by atoms with Crippen LogP contribution in [-0.4, -0.2) is 27.1 Å². The summed E-state index contributed by atoms with van der Waals surface area (Å²) >= 11 is 0. The Bertz CT molecular complexity index is 714. The predicted molar refractivity (Wildman–Crippen MR) is 93.8 cm³/mol. The molecule has 24 heavy (non-hydrogen) atoms. The lowest BCUT2D eigenvalue weighted by atomic mass is 10.1. The van der Waals surface area contributed by atoms with Crippen LogP contribution in [0.5, 0.6) is 0 Å². The highest BCUT2D eigenvalue weighted by atomic mass is 16.2. The van der Waals surface area contributed by atoms with Gasteiger partial charge in [0.1, 0.15) is 5.82 Å². The van der Waals surface area contributed by atoms with Gasteiger partial charge in [-0.3, -0.25) is 14.3 Å². The predicted octanol–water partition coefficient (Wildman–Crippen LogP) is 2.52. The van der Waals surface area contributed by atoms with Gasteiger partial charge >= 0.3 is 0 Å². The average Bonchev–Trinajstić information content (AvgIpc) is 2.86. The molecule has 0 aliphatic carbocycles. The van der Waals surface area contributed by atoms with E-state index < -0.39 is 0 Å². The number of benzene rings is 1. The first-order valence-electron chi connectivity index (χ1n) is 7.95. The van der Waals surface area contributed by atoms with E-state index in [9.17, 15) is 9.59 Å². The highest BCUT2D eigenvalue weighted by Crippen LogP contribution is 2.12. The largest absolute Gasteiger partial charge is 0.346 e. The highest BCUT2D eigenvalue weighted by Gasteiger charge is 2.19. The minimum absolute atomic E-state index is 0.107. The summed E-state index contributed by atoms with van der Waals surface area (Å²) in [4.78, 5) is 24.2. The number of hydrogen-bond donors (Lipinski definition) is 2. The second-order valence-corrected chi connectivity index (χ2v) is 6.78. The number of aromatic nitrogens is 2. The maximum absolute atomic E-state index is 12.1. The van der Waals surface area contributed by atoms with Crippen molar-refractivity contribution in [2.75, 3.05) is 5.32 Å². The van der Waals surface area contributed by atoms with Gasteiger partial charge in [0, 0.05) is 25.1 Å². The third-order valence-corrected chi connectivity index (χ3v) is 3.35. The van der Waals surface area contributed by atoms with E-state index in [-0.39, 0.29) is 23.0 Å². The fraction of sp³-hybridized carbons (Fsp3) is 0.389. The molecule has 0 aliphatic rings. The SMILES string of the molecule is Cn1nc(C(=O)NC(C)(C)C)cc1NC(=O)CCc1ccccc1. The van der Waals surface area contributed by atoms with Gasteiger partial charge in [0.25, 0.3) is 5.91 Å².